The highest BCUT2D eigenvalue weighted by molar-refractivity contribution is 5.79. The average Bonchev–Trinajstić information content (AvgIpc) is 3.02. The van der Waals surface area contributed by atoms with E-state index in [0.29, 0.717) is 6.54 Å². The molecule has 2 atom stereocenters. The van der Waals surface area contributed by atoms with Crippen LogP contribution in [0.3, 0.4) is 0 Å². The molecule has 0 aliphatic rings. The van der Waals surface area contributed by atoms with Crippen molar-refractivity contribution in [3.05, 3.63) is 54.1 Å². The lowest BCUT2D eigenvalue weighted by Crippen LogP contribution is -2.34. The zero-order valence-corrected chi connectivity index (χ0v) is 12.7. The van der Waals surface area contributed by atoms with E-state index in [-0.39, 0.29) is 18.0 Å². The van der Waals surface area contributed by atoms with Gasteiger partial charge in [-0.3, -0.25) is 4.79 Å². The van der Waals surface area contributed by atoms with Crippen LogP contribution in [0.2, 0.25) is 0 Å². The van der Waals surface area contributed by atoms with Crippen LogP contribution in [0.4, 0.5) is 0 Å². The molecule has 0 saturated carbocycles. The summed E-state index contributed by atoms with van der Waals surface area (Å²) in [4.78, 5) is 18.2. The Morgan fingerprint density at radius 2 is 2.05 bits per heavy atom. The molecule has 1 heterocycles. The van der Waals surface area contributed by atoms with E-state index in [9.17, 15) is 4.79 Å². The first-order chi connectivity index (χ1) is 10.1. The summed E-state index contributed by atoms with van der Waals surface area (Å²) in [5.74, 6) is 0.0528. The number of likely N-dealkylation sites (N-methyl/N-ethyl adjacent to an activating group) is 1. The molecular weight excluding hydrogens is 264 g/mol. The molecule has 2 rings (SSSR count). The Morgan fingerprint density at radius 1 is 1.38 bits per heavy atom. The standard InChI is InChI=1S/C16H22N4O/c1-4-19(3)16(21)12(2)20-11-18-10-14(20)15(17)13-8-6-5-7-9-13/h5-12,15H,4,17H2,1-3H3. The van der Waals surface area contributed by atoms with E-state index in [2.05, 4.69) is 4.98 Å². The lowest BCUT2D eigenvalue weighted by molar-refractivity contribution is -0.132. The number of rotatable bonds is 5. The maximum atomic E-state index is 12.3. The highest BCUT2D eigenvalue weighted by Crippen LogP contribution is 2.22. The summed E-state index contributed by atoms with van der Waals surface area (Å²) >= 11 is 0. The van der Waals surface area contributed by atoms with Gasteiger partial charge in [0.25, 0.3) is 0 Å². The van der Waals surface area contributed by atoms with Gasteiger partial charge >= 0.3 is 0 Å². The highest BCUT2D eigenvalue weighted by Gasteiger charge is 2.23. The normalized spacial score (nSPS) is 13.7. The van der Waals surface area contributed by atoms with Gasteiger partial charge in [0.15, 0.2) is 0 Å². The predicted molar refractivity (Wildman–Crippen MR) is 82.7 cm³/mol. The van der Waals surface area contributed by atoms with Crippen molar-refractivity contribution in [1.82, 2.24) is 14.5 Å². The fourth-order valence-electron chi connectivity index (χ4n) is 2.30. The fourth-order valence-corrected chi connectivity index (χ4v) is 2.30. The third-order valence-corrected chi connectivity index (χ3v) is 3.80. The van der Waals surface area contributed by atoms with Gasteiger partial charge in [0.1, 0.15) is 6.04 Å². The van der Waals surface area contributed by atoms with E-state index < -0.39 is 0 Å². The zero-order chi connectivity index (χ0) is 15.4. The molecule has 5 nitrogen and oxygen atoms in total. The minimum absolute atomic E-state index is 0.0528. The maximum absolute atomic E-state index is 12.3. The summed E-state index contributed by atoms with van der Waals surface area (Å²) in [6.07, 6.45) is 3.40. The van der Waals surface area contributed by atoms with Gasteiger partial charge in [-0.1, -0.05) is 30.3 Å². The van der Waals surface area contributed by atoms with E-state index in [1.54, 1.807) is 24.5 Å². The molecule has 21 heavy (non-hydrogen) atoms. The monoisotopic (exact) mass is 286 g/mol. The Morgan fingerprint density at radius 3 is 2.67 bits per heavy atom. The quantitative estimate of drug-likeness (QED) is 0.914. The molecule has 1 amide bonds. The van der Waals surface area contributed by atoms with Crippen molar-refractivity contribution < 1.29 is 4.79 Å². The van der Waals surface area contributed by atoms with E-state index in [1.165, 1.54) is 0 Å². The first-order valence-electron chi connectivity index (χ1n) is 7.13. The number of nitrogens with zero attached hydrogens (tertiary/aromatic N) is 3. The van der Waals surface area contributed by atoms with Gasteiger partial charge in [0.2, 0.25) is 5.91 Å². The first-order valence-corrected chi connectivity index (χ1v) is 7.13. The number of hydrogen-bond acceptors (Lipinski definition) is 3. The molecular formula is C16H22N4O. The first kappa shape index (κ1) is 15.3. The van der Waals surface area contributed by atoms with E-state index in [1.807, 2.05) is 48.7 Å². The number of carbonyl (C=O) groups is 1. The van der Waals surface area contributed by atoms with Gasteiger partial charge in [0, 0.05) is 13.6 Å². The molecule has 2 N–H and O–H groups in total. The van der Waals surface area contributed by atoms with Crippen LogP contribution in [0.15, 0.2) is 42.9 Å². The average molecular weight is 286 g/mol. The summed E-state index contributed by atoms with van der Waals surface area (Å²) in [5, 5.41) is 0. The molecule has 0 aliphatic carbocycles. The van der Waals surface area contributed by atoms with Crippen LogP contribution >= 0.6 is 0 Å². The molecule has 112 valence electrons. The molecule has 0 aliphatic heterocycles. The van der Waals surface area contributed by atoms with Crippen molar-refractivity contribution in [1.29, 1.82) is 0 Å². The second kappa shape index (κ2) is 6.54. The Kier molecular flexibility index (Phi) is 4.75. The van der Waals surface area contributed by atoms with E-state index in [0.717, 1.165) is 11.3 Å². The molecule has 0 spiro atoms. The summed E-state index contributed by atoms with van der Waals surface area (Å²) in [5.41, 5.74) is 8.16. The number of amides is 1. The molecule has 1 aromatic carbocycles. The Labute approximate surface area is 125 Å². The molecule has 0 bridgehead atoms. The van der Waals surface area contributed by atoms with Crippen molar-refractivity contribution in [2.75, 3.05) is 13.6 Å². The summed E-state index contributed by atoms with van der Waals surface area (Å²) in [7, 11) is 1.80. The Bertz CT molecular complexity index is 593. The summed E-state index contributed by atoms with van der Waals surface area (Å²) < 4.78 is 1.85. The van der Waals surface area contributed by atoms with E-state index >= 15 is 0 Å². The van der Waals surface area contributed by atoms with Crippen LogP contribution in [-0.4, -0.2) is 34.0 Å². The number of aromatic nitrogens is 2. The largest absolute Gasteiger partial charge is 0.344 e. The fraction of sp³-hybridized carbons (Fsp3) is 0.375. The molecule has 1 aromatic heterocycles. The zero-order valence-electron chi connectivity index (χ0n) is 12.7. The van der Waals surface area contributed by atoms with Crippen LogP contribution in [0, 0.1) is 0 Å². The lowest BCUT2D eigenvalue weighted by Gasteiger charge is -2.23. The van der Waals surface area contributed by atoms with E-state index in [4.69, 9.17) is 5.73 Å². The summed E-state index contributed by atoms with van der Waals surface area (Å²) in [6, 6.07) is 9.21. The number of imidazole rings is 1. The maximum Gasteiger partial charge on any atom is 0.245 e. The predicted octanol–water partition coefficient (Wildman–Crippen LogP) is 1.97. The van der Waals surface area contributed by atoms with Crippen LogP contribution < -0.4 is 5.73 Å². The highest BCUT2D eigenvalue weighted by atomic mass is 16.2. The van der Waals surface area contributed by atoms with Crippen LogP contribution in [0.5, 0.6) is 0 Å². The molecule has 2 unspecified atom stereocenters. The van der Waals surface area contributed by atoms with Crippen molar-refractivity contribution >= 4 is 5.91 Å². The van der Waals surface area contributed by atoms with Crippen LogP contribution in [-0.2, 0) is 4.79 Å². The van der Waals surface area contributed by atoms with Crippen molar-refractivity contribution in [3.8, 4) is 0 Å². The molecule has 0 fully saturated rings. The molecule has 5 heteroatoms. The molecule has 0 radical (unpaired) electrons. The number of nitrogens with two attached hydrogens (primary N) is 1. The van der Waals surface area contributed by atoms with Gasteiger partial charge in [-0.25, -0.2) is 4.98 Å². The van der Waals surface area contributed by atoms with Crippen molar-refractivity contribution in [3.63, 3.8) is 0 Å². The number of hydrogen-bond donors (Lipinski definition) is 1. The van der Waals surface area contributed by atoms with Gasteiger partial charge in [0.05, 0.1) is 24.3 Å². The number of carbonyl (C=O) groups excluding carboxylic acids is 1. The smallest absolute Gasteiger partial charge is 0.245 e. The van der Waals surface area contributed by atoms with Gasteiger partial charge in [-0.15, -0.1) is 0 Å². The number of benzene rings is 1. The third-order valence-electron chi connectivity index (χ3n) is 3.80. The topological polar surface area (TPSA) is 64.2 Å². The van der Waals surface area contributed by atoms with Crippen LogP contribution in [0.1, 0.15) is 37.2 Å². The molecule has 0 saturated heterocycles. The minimum atomic E-state index is -0.317. The minimum Gasteiger partial charge on any atom is -0.344 e. The second-order valence-corrected chi connectivity index (χ2v) is 5.14. The lowest BCUT2D eigenvalue weighted by atomic mass is 10.0. The third kappa shape index (κ3) is 3.13. The Hall–Kier alpha value is -2.14. The van der Waals surface area contributed by atoms with Gasteiger partial charge < -0.3 is 15.2 Å². The second-order valence-electron chi connectivity index (χ2n) is 5.14. The molecule has 2 aromatic rings. The summed E-state index contributed by atoms with van der Waals surface area (Å²) in [6.45, 7) is 4.50. The SMILES string of the molecule is CCN(C)C(=O)C(C)n1cncc1C(N)c1ccccc1. The van der Waals surface area contributed by atoms with Gasteiger partial charge in [-0.2, -0.15) is 0 Å². The van der Waals surface area contributed by atoms with Crippen molar-refractivity contribution in [2.24, 2.45) is 5.73 Å². The van der Waals surface area contributed by atoms with Crippen molar-refractivity contribution in [2.45, 2.75) is 25.9 Å². The van der Waals surface area contributed by atoms with Crippen LogP contribution in [0.25, 0.3) is 0 Å². The van der Waals surface area contributed by atoms with Gasteiger partial charge in [-0.05, 0) is 19.4 Å². The Balaban J connectivity index is 2.28.